The lowest BCUT2D eigenvalue weighted by Gasteiger charge is -2.25. The van der Waals surface area contributed by atoms with E-state index < -0.39 is 18.0 Å². The van der Waals surface area contributed by atoms with E-state index in [0.29, 0.717) is 6.54 Å². The second-order valence-corrected chi connectivity index (χ2v) is 4.93. The number of hydrogen-bond donors (Lipinski definition) is 2. The Hall–Kier alpha value is -1.79. The van der Waals surface area contributed by atoms with Gasteiger partial charge in [0.2, 0.25) is 5.91 Å². The average Bonchev–Trinajstić information content (AvgIpc) is 2.91. The molecule has 114 valence electrons. The van der Waals surface area contributed by atoms with Crippen LogP contribution in [0.3, 0.4) is 0 Å². The van der Waals surface area contributed by atoms with Gasteiger partial charge in [-0.1, -0.05) is 0 Å². The van der Waals surface area contributed by atoms with Gasteiger partial charge in [0.1, 0.15) is 6.04 Å². The summed E-state index contributed by atoms with van der Waals surface area (Å²) >= 11 is 0. The van der Waals surface area contributed by atoms with E-state index in [1.165, 1.54) is 4.90 Å². The predicted molar refractivity (Wildman–Crippen MR) is 73.3 cm³/mol. The number of carboxylic acids is 1. The zero-order chi connectivity index (χ0) is 15.1. The third-order valence-corrected chi connectivity index (χ3v) is 3.39. The molecule has 0 bridgehead atoms. The Morgan fingerprint density at radius 1 is 1.30 bits per heavy atom. The van der Waals surface area contributed by atoms with Gasteiger partial charge in [-0.25, -0.2) is 4.79 Å². The zero-order valence-electron chi connectivity index (χ0n) is 12.1. The molecule has 7 nitrogen and oxygen atoms in total. The van der Waals surface area contributed by atoms with Crippen LogP contribution in [-0.4, -0.2) is 65.0 Å². The van der Waals surface area contributed by atoms with Crippen molar-refractivity contribution in [2.24, 2.45) is 0 Å². The Kier molecular flexibility index (Phi) is 6.27. The molecule has 1 heterocycles. The molecule has 1 aliphatic heterocycles. The third-order valence-electron chi connectivity index (χ3n) is 3.39. The Bertz CT molecular complexity index is 367. The number of nitrogens with one attached hydrogen (secondary N) is 1. The molecule has 0 radical (unpaired) electrons. The Balaban J connectivity index is 2.45. The van der Waals surface area contributed by atoms with E-state index in [1.54, 1.807) is 18.7 Å². The highest BCUT2D eigenvalue weighted by atomic mass is 16.4. The van der Waals surface area contributed by atoms with Crippen molar-refractivity contribution in [3.63, 3.8) is 0 Å². The van der Waals surface area contributed by atoms with Crippen molar-refractivity contribution in [3.8, 4) is 0 Å². The van der Waals surface area contributed by atoms with Crippen LogP contribution in [0.5, 0.6) is 0 Å². The molecular formula is C13H23N3O4. The number of likely N-dealkylation sites (tertiary alicyclic amines) is 1. The number of amides is 3. The Morgan fingerprint density at radius 3 is 2.40 bits per heavy atom. The second-order valence-electron chi connectivity index (χ2n) is 4.93. The van der Waals surface area contributed by atoms with E-state index in [4.69, 9.17) is 5.11 Å². The van der Waals surface area contributed by atoms with Gasteiger partial charge in [0.05, 0.1) is 6.42 Å². The van der Waals surface area contributed by atoms with Crippen LogP contribution in [0.4, 0.5) is 4.79 Å². The summed E-state index contributed by atoms with van der Waals surface area (Å²) in [6.45, 7) is 5.47. The van der Waals surface area contributed by atoms with Crippen LogP contribution < -0.4 is 5.32 Å². The lowest BCUT2D eigenvalue weighted by molar-refractivity contribution is -0.137. The lowest BCUT2D eigenvalue weighted by atomic mass is 10.3. The first kappa shape index (κ1) is 16.3. The molecule has 1 fully saturated rings. The van der Waals surface area contributed by atoms with E-state index in [1.807, 2.05) is 0 Å². The van der Waals surface area contributed by atoms with Crippen LogP contribution in [0.15, 0.2) is 0 Å². The predicted octanol–water partition coefficient (Wildman–Crippen LogP) is 0.504. The normalized spacial score (nSPS) is 15.8. The van der Waals surface area contributed by atoms with Gasteiger partial charge in [-0.05, 0) is 26.7 Å². The summed E-state index contributed by atoms with van der Waals surface area (Å²) in [6, 6.07) is -0.978. The average molecular weight is 285 g/mol. The largest absolute Gasteiger partial charge is 0.481 e. The standard InChI is InChI=1S/C13H23N3O4/c1-3-15(9-6-11(17)18)13(20)14-10(2)12(19)16-7-4-5-8-16/h10H,3-9H2,1-2H3,(H,14,20)(H,17,18). The molecule has 0 aliphatic carbocycles. The highest BCUT2D eigenvalue weighted by molar-refractivity contribution is 5.87. The van der Waals surface area contributed by atoms with Gasteiger partial charge in [0, 0.05) is 26.2 Å². The van der Waals surface area contributed by atoms with Gasteiger partial charge in [0.15, 0.2) is 0 Å². The van der Waals surface area contributed by atoms with E-state index in [2.05, 4.69) is 5.32 Å². The summed E-state index contributed by atoms with van der Waals surface area (Å²) in [5, 5.41) is 11.3. The minimum absolute atomic E-state index is 0.0786. The van der Waals surface area contributed by atoms with Crippen LogP contribution in [0.1, 0.15) is 33.1 Å². The molecule has 0 aromatic rings. The first-order valence-electron chi connectivity index (χ1n) is 7.01. The molecule has 1 unspecified atom stereocenters. The summed E-state index contributed by atoms with van der Waals surface area (Å²) in [6.07, 6.45) is 1.91. The van der Waals surface area contributed by atoms with Gasteiger partial charge in [0.25, 0.3) is 0 Å². The topological polar surface area (TPSA) is 90.0 Å². The van der Waals surface area contributed by atoms with Crippen molar-refractivity contribution in [1.29, 1.82) is 0 Å². The van der Waals surface area contributed by atoms with Crippen molar-refractivity contribution in [2.75, 3.05) is 26.2 Å². The van der Waals surface area contributed by atoms with Crippen LogP contribution in [0.2, 0.25) is 0 Å². The summed E-state index contributed by atoms with van der Waals surface area (Å²) in [5.74, 6) is -1.03. The van der Waals surface area contributed by atoms with Crippen LogP contribution in [-0.2, 0) is 9.59 Å². The molecule has 0 saturated carbocycles. The number of carbonyl (C=O) groups excluding carboxylic acids is 2. The second kappa shape index (κ2) is 7.72. The van der Waals surface area contributed by atoms with Gasteiger partial charge in [-0.3, -0.25) is 9.59 Å². The fourth-order valence-corrected chi connectivity index (χ4v) is 2.18. The van der Waals surface area contributed by atoms with Crippen LogP contribution in [0.25, 0.3) is 0 Å². The van der Waals surface area contributed by atoms with E-state index in [9.17, 15) is 14.4 Å². The molecule has 3 amide bonds. The maximum Gasteiger partial charge on any atom is 0.318 e. The molecule has 1 aliphatic rings. The Morgan fingerprint density at radius 2 is 1.90 bits per heavy atom. The number of carboxylic acid groups (broad SMARTS) is 1. The van der Waals surface area contributed by atoms with E-state index >= 15 is 0 Å². The number of aliphatic carboxylic acids is 1. The van der Waals surface area contributed by atoms with Crippen LogP contribution >= 0.6 is 0 Å². The number of urea groups is 1. The molecule has 0 aromatic carbocycles. The first-order chi connectivity index (χ1) is 9.45. The molecule has 2 N–H and O–H groups in total. The molecule has 1 rings (SSSR count). The SMILES string of the molecule is CCN(CCC(=O)O)C(=O)NC(C)C(=O)N1CCCC1. The molecule has 1 atom stereocenters. The van der Waals surface area contributed by atoms with E-state index in [-0.39, 0.29) is 18.9 Å². The maximum atomic E-state index is 12.1. The van der Waals surface area contributed by atoms with Crippen LogP contribution in [0, 0.1) is 0 Å². The van der Waals surface area contributed by atoms with Crippen molar-refractivity contribution >= 4 is 17.9 Å². The van der Waals surface area contributed by atoms with Crippen molar-refractivity contribution in [1.82, 2.24) is 15.1 Å². The monoisotopic (exact) mass is 285 g/mol. The third kappa shape index (κ3) is 4.71. The zero-order valence-corrected chi connectivity index (χ0v) is 12.1. The molecule has 20 heavy (non-hydrogen) atoms. The minimum Gasteiger partial charge on any atom is -0.481 e. The van der Waals surface area contributed by atoms with Gasteiger partial charge >= 0.3 is 12.0 Å². The summed E-state index contributed by atoms with van der Waals surface area (Å²) in [4.78, 5) is 37.7. The number of hydrogen-bond acceptors (Lipinski definition) is 3. The molecular weight excluding hydrogens is 262 g/mol. The highest BCUT2D eigenvalue weighted by Crippen LogP contribution is 2.09. The molecule has 0 aromatic heterocycles. The lowest BCUT2D eigenvalue weighted by Crippen LogP contribution is -2.50. The van der Waals surface area contributed by atoms with Crippen molar-refractivity contribution in [2.45, 2.75) is 39.2 Å². The number of carbonyl (C=O) groups is 3. The number of nitrogens with zero attached hydrogens (tertiary/aromatic N) is 2. The summed E-state index contributed by atoms with van der Waals surface area (Å²) in [7, 11) is 0. The van der Waals surface area contributed by atoms with Crippen molar-refractivity contribution < 1.29 is 19.5 Å². The fourth-order valence-electron chi connectivity index (χ4n) is 2.18. The minimum atomic E-state index is -0.947. The fraction of sp³-hybridized carbons (Fsp3) is 0.769. The van der Waals surface area contributed by atoms with E-state index in [0.717, 1.165) is 25.9 Å². The van der Waals surface area contributed by atoms with Gasteiger partial charge in [-0.15, -0.1) is 0 Å². The summed E-state index contributed by atoms with van der Waals surface area (Å²) in [5.41, 5.74) is 0. The quantitative estimate of drug-likeness (QED) is 0.743. The first-order valence-corrected chi connectivity index (χ1v) is 7.01. The Labute approximate surface area is 118 Å². The smallest absolute Gasteiger partial charge is 0.318 e. The molecule has 7 heteroatoms. The maximum absolute atomic E-state index is 12.1. The molecule has 1 saturated heterocycles. The summed E-state index contributed by atoms with van der Waals surface area (Å²) < 4.78 is 0. The number of rotatable bonds is 6. The highest BCUT2D eigenvalue weighted by Gasteiger charge is 2.25. The molecule has 0 spiro atoms. The van der Waals surface area contributed by atoms with Crippen molar-refractivity contribution in [3.05, 3.63) is 0 Å². The van der Waals surface area contributed by atoms with Gasteiger partial charge in [-0.2, -0.15) is 0 Å². The van der Waals surface area contributed by atoms with Gasteiger partial charge < -0.3 is 20.2 Å².